The quantitative estimate of drug-likeness (QED) is 0.866. The molecule has 2 aromatic rings. The third-order valence-electron chi connectivity index (χ3n) is 4.68. The lowest BCUT2D eigenvalue weighted by Crippen LogP contribution is -2.54. The Morgan fingerprint density at radius 2 is 2.04 bits per heavy atom. The number of anilines is 1. The summed E-state index contributed by atoms with van der Waals surface area (Å²) in [6.07, 6.45) is 0. The molecule has 0 aliphatic carbocycles. The lowest BCUT2D eigenvalue weighted by atomic mass is 10.1. The fourth-order valence-corrected chi connectivity index (χ4v) is 3.20. The van der Waals surface area contributed by atoms with E-state index in [0.29, 0.717) is 12.3 Å². The van der Waals surface area contributed by atoms with Gasteiger partial charge in [-0.2, -0.15) is 0 Å². The van der Waals surface area contributed by atoms with Crippen LogP contribution in [-0.2, 0) is 0 Å². The van der Waals surface area contributed by atoms with E-state index >= 15 is 0 Å². The Bertz CT molecular complexity index is 723. The average Bonchev–Trinajstić information content (AvgIpc) is 3.05. The van der Waals surface area contributed by atoms with Crippen molar-refractivity contribution in [3.63, 3.8) is 0 Å². The second-order valence-corrected chi connectivity index (χ2v) is 6.85. The SMILES string of the molecule is Cc1ccccc1N1CCN(C(=O)c2cc(C(C)C)no2)C(C)C1. The van der Waals surface area contributed by atoms with Crippen LogP contribution in [0.1, 0.15) is 48.5 Å². The first kappa shape index (κ1) is 16.6. The van der Waals surface area contributed by atoms with Gasteiger partial charge in [0.25, 0.3) is 5.91 Å². The molecule has 3 rings (SSSR count). The van der Waals surface area contributed by atoms with Crippen LogP contribution < -0.4 is 4.90 Å². The van der Waals surface area contributed by atoms with Crippen molar-refractivity contribution < 1.29 is 9.32 Å². The Balaban J connectivity index is 1.71. The first-order valence-electron chi connectivity index (χ1n) is 8.55. The van der Waals surface area contributed by atoms with Crippen molar-refractivity contribution in [3.8, 4) is 0 Å². The third kappa shape index (κ3) is 3.16. The number of hydrogen-bond donors (Lipinski definition) is 0. The van der Waals surface area contributed by atoms with E-state index in [2.05, 4.69) is 48.2 Å². The van der Waals surface area contributed by atoms with Crippen molar-refractivity contribution in [2.24, 2.45) is 0 Å². The van der Waals surface area contributed by atoms with Gasteiger partial charge < -0.3 is 14.3 Å². The smallest absolute Gasteiger partial charge is 0.292 e. The summed E-state index contributed by atoms with van der Waals surface area (Å²) in [4.78, 5) is 17.0. The van der Waals surface area contributed by atoms with Crippen LogP contribution in [0.3, 0.4) is 0 Å². The summed E-state index contributed by atoms with van der Waals surface area (Å²) in [7, 11) is 0. The van der Waals surface area contributed by atoms with Gasteiger partial charge in [-0.15, -0.1) is 0 Å². The highest BCUT2D eigenvalue weighted by molar-refractivity contribution is 5.92. The van der Waals surface area contributed by atoms with Gasteiger partial charge in [-0.3, -0.25) is 4.79 Å². The van der Waals surface area contributed by atoms with Crippen LogP contribution in [0, 0.1) is 6.92 Å². The van der Waals surface area contributed by atoms with Crippen LogP contribution >= 0.6 is 0 Å². The largest absolute Gasteiger partial charge is 0.367 e. The molecular weight excluding hydrogens is 302 g/mol. The van der Waals surface area contributed by atoms with E-state index in [9.17, 15) is 4.79 Å². The first-order chi connectivity index (χ1) is 11.5. The summed E-state index contributed by atoms with van der Waals surface area (Å²) in [6.45, 7) is 10.6. The standard InChI is InChI=1S/C19H25N3O2/c1-13(2)16-11-18(24-20-16)19(23)22-10-9-21(12-15(22)4)17-8-6-5-7-14(17)3/h5-8,11,13,15H,9-10,12H2,1-4H3. The third-order valence-corrected chi connectivity index (χ3v) is 4.68. The van der Waals surface area contributed by atoms with Crippen LogP contribution in [0.4, 0.5) is 5.69 Å². The zero-order valence-corrected chi connectivity index (χ0v) is 14.8. The zero-order valence-electron chi connectivity index (χ0n) is 14.8. The molecule has 1 amide bonds. The molecule has 1 aliphatic heterocycles. The molecule has 0 N–H and O–H groups in total. The van der Waals surface area contributed by atoms with E-state index in [4.69, 9.17) is 4.52 Å². The molecule has 128 valence electrons. The van der Waals surface area contributed by atoms with Crippen molar-refractivity contribution >= 4 is 11.6 Å². The lowest BCUT2D eigenvalue weighted by molar-refractivity contribution is 0.0631. The summed E-state index contributed by atoms with van der Waals surface area (Å²) < 4.78 is 5.27. The Kier molecular flexibility index (Phi) is 4.60. The van der Waals surface area contributed by atoms with Crippen LogP contribution in [0.5, 0.6) is 0 Å². The number of hydrogen-bond acceptors (Lipinski definition) is 4. The first-order valence-corrected chi connectivity index (χ1v) is 8.55. The number of nitrogens with zero attached hydrogens (tertiary/aromatic N) is 3. The van der Waals surface area contributed by atoms with Gasteiger partial charge in [0.2, 0.25) is 5.76 Å². The molecule has 1 unspecified atom stereocenters. The number of carbonyl (C=O) groups is 1. The molecule has 0 spiro atoms. The molecule has 1 aliphatic rings. The molecule has 1 aromatic carbocycles. The van der Waals surface area contributed by atoms with E-state index in [-0.39, 0.29) is 17.9 Å². The summed E-state index contributed by atoms with van der Waals surface area (Å²) >= 11 is 0. The maximum Gasteiger partial charge on any atom is 0.292 e. The van der Waals surface area contributed by atoms with Crippen LogP contribution in [0.15, 0.2) is 34.9 Å². The van der Waals surface area contributed by atoms with Crippen molar-refractivity contribution in [2.75, 3.05) is 24.5 Å². The van der Waals surface area contributed by atoms with Crippen LogP contribution in [0.2, 0.25) is 0 Å². The number of amides is 1. The van der Waals surface area contributed by atoms with Gasteiger partial charge in [-0.25, -0.2) is 0 Å². The topological polar surface area (TPSA) is 49.6 Å². The fraction of sp³-hybridized carbons (Fsp3) is 0.474. The Labute approximate surface area is 143 Å². The monoisotopic (exact) mass is 327 g/mol. The van der Waals surface area contributed by atoms with E-state index in [1.54, 1.807) is 6.07 Å². The van der Waals surface area contributed by atoms with E-state index in [1.165, 1.54) is 11.3 Å². The van der Waals surface area contributed by atoms with E-state index in [1.807, 2.05) is 18.7 Å². The number of aromatic nitrogens is 1. The number of carbonyl (C=O) groups excluding carboxylic acids is 1. The molecule has 1 saturated heterocycles. The maximum atomic E-state index is 12.7. The van der Waals surface area contributed by atoms with Gasteiger partial charge in [0.15, 0.2) is 0 Å². The average molecular weight is 327 g/mol. The molecule has 5 nitrogen and oxygen atoms in total. The number of benzene rings is 1. The molecule has 5 heteroatoms. The van der Waals surface area contributed by atoms with Gasteiger partial charge in [-0.05, 0) is 31.4 Å². The number of rotatable bonds is 3. The van der Waals surface area contributed by atoms with Crippen molar-refractivity contribution in [3.05, 3.63) is 47.3 Å². The number of aryl methyl sites for hydroxylation is 1. The normalized spacial score (nSPS) is 18.3. The predicted octanol–water partition coefficient (Wildman–Crippen LogP) is 3.46. The molecular formula is C19H25N3O2. The highest BCUT2D eigenvalue weighted by atomic mass is 16.5. The summed E-state index contributed by atoms with van der Waals surface area (Å²) in [5, 5.41) is 4.00. The minimum Gasteiger partial charge on any atom is -0.367 e. The summed E-state index contributed by atoms with van der Waals surface area (Å²) in [5.74, 6) is 0.534. The van der Waals surface area contributed by atoms with Gasteiger partial charge in [0.1, 0.15) is 0 Å². The summed E-state index contributed by atoms with van der Waals surface area (Å²) in [5.41, 5.74) is 3.34. The Hall–Kier alpha value is -2.30. The van der Waals surface area contributed by atoms with E-state index in [0.717, 1.165) is 18.8 Å². The second-order valence-electron chi connectivity index (χ2n) is 6.85. The van der Waals surface area contributed by atoms with Crippen LogP contribution in [-0.4, -0.2) is 41.6 Å². The van der Waals surface area contributed by atoms with Gasteiger partial charge in [0, 0.05) is 37.4 Å². The predicted molar refractivity (Wildman–Crippen MR) is 94.5 cm³/mol. The lowest BCUT2D eigenvalue weighted by Gasteiger charge is -2.41. The molecule has 24 heavy (non-hydrogen) atoms. The molecule has 0 radical (unpaired) electrons. The highest BCUT2D eigenvalue weighted by Crippen LogP contribution is 2.24. The highest BCUT2D eigenvalue weighted by Gasteiger charge is 2.30. The molecule has 1 fully saturated rings. The van der Waals surface area contributed by atoms with Crippen LogP contribution in [0.25, 0.3) is 0 Å². The number of para-hydroxylation sites is 1. The minimum absolute atomic E-state index is 0.0636. The maximum absolute atomic E-state index is 12.7. The van der Waals surface area contributed by atoms with Gasteiger partial charge in [-0.1, -0.05) is 37.2 Å². The number of piperazine rings is 1. The molecule has 0 bridgehead atoms. The molecule has 1 aromatic heterocycles. The van der Waals surface area contributed by atoms with E-state index < -0.39 is 0 Å². The second kappa shape index (κ2) is 6.67. The fourth-order valence-electron chi connectivity index (χ4n) is 3.20. The Morgan fingerprint density at radius 1 is 1.29 bits per heavy atom. The van der Waals surface area contributed by atoms with Gasteiger partial charge in [0.05, 0.1) is 5.69 Å². The van der Waals surface area contributed by atoms with Crippen molar-refractivity contribution in [2.45, 2.75) is 39.7 Å². The Morgan fingerprint density at radius 3 is 2.67 bits per heavy atom. The molecule has 2 heterocycles. The van der Waals surface area contributed by atoms with Gasteiger partial charge >= 0.3 is 0 Å². The molecule has 1 atom stereocenters. The summed E-state index contributed by atoms with van der Waals surface area (Å²) in [6, 6.07) is 10.3. The molecule has 0 saturated carbocycles. The van der Waals surface area contributed by atoms with Crippen molar-refractivity contribution in [1.29, 1.82) is 0 Å². The minimum atomic E-state index is -0.0636. The zero-order chi connectivity index (χ0) is 17.3. The van der Waals surface area contributed by atoms with Crippen molar-refractivity contribution in [1.82, 2.24) is 10.1 Å².